The second-order valence-electron chi connectivity index (χ2n) is 7.66. The van der Waals surface area contributed by atoms with E-state index in [0.29, 0.717) is 28.6 Å². The summed E-state index contributed by atoms with van der Waals surface area (Å²) in [4.78, 5) is 27.6. The van der Waals surface area contributed by atoms with Crippen molar-refractivity contribution >= 4 is 46.6 Å². The highest BCUT2D eigenvalue weighted by Crippen LogP contribution is 2.28. The number of rotatable bonds is 9. The Morgan fingerprint density at radius 1 is 1.00 bits per heavy atom. The van der Waals surface area contributed by atoms with Crippen LogP contribution in [0.25, 0.3) is 0 Å². The fourth-order valence-corrected chi connectivity index (χ4v) is 3.90. The van der Waals surface area contributed by atoms with Crippen molar-refractivity contribution in [3.63, 3.8) is 0 Å². The fourth-order valence-electron chi connectivity index (χ4n) is 3.15. The van der Waals surface area contributed by atoms with Crippen LogP contribution in [-0.4, -0.2) is 29.3 Å². The van der Waals surface area contributed by atoms with Crippen molar-refractivity contribution in [2.75, 3.05) is 6.54 Å². The lowest BCUT2D eigenvalue weighted by molar-refractivity contribution is -0.141. The van der Waals surface area contributed by atoms with Gasteiger partial charge in [-0.1, -0.05) is 67.7 Å². The Bertz CT molecular complexity index is 897. The summed E-state index contributed by atoms with van der Waals surface area (Å²) in [5.74, 6) is -1.06. The molecule has 1 atom stereocenters. The summed E-state index contributed by atoms with van der Waals surface area (Å²) in [5.41, 5.74) is 0.607. The number of hydrogen-bond acceptors (Lipinski definition) is 2. The molecule has 2 rings (SSSR count). The van der Waals surface area contributed by atoms with Gasteiger partial charge in [-0.05, 0) is 36.6 Å². The van der Waals surface area contributed by atoms with Crippen LogP contribution in [-0.2, 0) is 22.6 Å². The highest BCUT2D eigenvalue weighted by molar-refractivity contribution is 6.36. The van der Waals surface area contributed by atoms with Crippen molar-refractivity contribution in [3.8, 4) is 0 Å². The molecule has 0 aromatic heterocycles. The predicted molar refractivity (Wildman–Crippen MR) is 124 cm³/mol. The molecule has 0 aliphatic heterocycles. The summed E-state index contributed by atoms with van der Waals surface area (Å²) in [5, 5.41) is 3.79. The maximum Gasteiger partial charge on any atom is 0.242 e. The molecule has 8 heteroatoms. The average molecular weight is 488 g/mol. The van der Waals surface area contributed by atoms with Crippen LogP contribution in [0.5, 0.6) is 0 Å². The fraction of sp³-hybridized carbons (Fsp3) is 0.391. The molecule has 0 radical (unpaired) electrons. The van der Waals surface area contributed by atoms with Gasteiger partial charge in [0, 0.05) is 39.3 Å². The van der Waals surface area contributed by atoms with Crippen LogP contribution in [0.2, 0.25) is 15.1 Å². The van der Waals surface area contributed by atoms with Gasteiger partial charge >= 0.3 is 0 Å². The molecule has 1 N–H and O–H groups in total. The van der Waals surface area contributed by atoms with E-state index < -0.39 is 17.8 Å². The molecule has 0 spiro atoms. The number of amides is 2. The van der Waals surface area contributed by atoms with Gasteiger partial charge in [0.15, 0.2) is 0 Å². The summed E-state index contributed by atoms with van der Waals surface area (Å²) >= 11 is 18.7. The molecule has 2 aromatic carbocycles. The lowest BCUT2D eigenvalue weighted by Gasteiger charge is -2.31. The normalized spacial score (nSPS) is 12.0. The molecule has 0 fully saturated rings. The van der Waals surface area contributed by atoms with Gasteiger partial charge in [0.05, 0.1) is 6.42 Å². The topological polar surface area (TPSA) is 49.4 Å². The number of carbonyl (C=O) groups is 2. The van der Waals surface area contributed by atoms with E-state index in [1.807, 2.05) is 20.8 Å². The first-order chi connectivity index (χ1) is 14.6. The van der Waals surface area contributed by atoms with E-state index in [2.05, 4.69) is 5.32 Å². The summed E-state index contributed by atoms with van der Waals surface area (Å²) in [6, 6.07) is 8.50. The second-order valence-corrected chi connectivity index (χ2v) is 8.88. The molecule has 31 heavy (non-hydrogen) atoms. The van der Waals surface area contributed by atoms with Gasteiger partial charge in [-0.3, -0.25) is 9.59 Å². The smallest absolute Gasteiger partial charge is 0.242 e. The zero-order valence-electron chi connectivity index (χ0n) is 17.7. The number of nitrogens with one attached hydrogen (secondary N) is 1. The first kappa shape index (κ1) is 25.4. The van der Waals surface area contributed by atoms with Gasteiger partial charge < -0.3 is 10.2 Å². The van der Waals surface area contributed by atoms with E-state index in [-0.39, 0.29) is 35.4 Å². The van der Waals surface area contributed by atoms with E-state index in [4.69, 9.17) is 34.8 Å². The van der Waals surface area contributed by atoms with Gasteiger partial charge in [-0.15, -0.1) is 0 Å². The summed E-state index contributed by atoms with van der Waals surface area (Å²) in [6.45, 7) is 6.26. The Morgan fingerprint density at radius 3 is 2.06 bits per heavy atom. The molecule has 0 unspecified atom stereocenters. The number of nitrogens with zero attached hydrogens (tertiary/aromatic N) is 1. The summed E-state index contributed by atoms with van der Waals surface area (Å²) in [6.07, 6.45) is 0.0737. The van der Waals surface area contributed by atoms with Gasteiger partial charge in [-0.2, -0.15) is 0 Å². The number of halogens is 4. The molecule has 0 heterocycles. The first-order valence-electron chi connectivity index (χ1n) is 10.1. The lowest BCUT2D eigenvalue weighted by atomic mass is 10.1. The lowest BCUT2D eigenvalue weighted by Crippen LogP contribution is -2.50. The maximum absolute atomic E-state index is 14.3. The molecule has 0 bridgehead atoms. The molecule has 2 aromatic rings. The van der Waals surface area contributed by atoms with Crippen LogP contribution in [0.1, 0.15) is 38.3 Å². The van der Waals surface area contributed by atoms with Crippen LogP contribution < -0.4 is 5.32 Å². The van der Waals surface area contributed by atoms with Crippen molar-refractivity contribution < 1.29 is 14.0 Å². The highest BCUT2D eigenvalue weighted by atomic mass is 35.5. The van der Waals surface area contributed by atoms with Gasteiger partial charge in [0.25, 0.3) is 0 Å². The Balaban J connectivity index is 2.40. The van der Waals surface area contributed by atoms with Gasteiger partial charge in [0.1, 0.15) is 11.9 Å². The molecule has 0 saturated heterocycles. The summed E-state index contributed by atoms with van der Waals surface area (Å²) < 4.78 is 14.3. The zero-order chi connectivity index (χ0) is 23.1. The Kier molecular flexibility index (Phi) is 9.60. The number of carbonyl (C=O) groups excluding carboxylic acids is 2. The quantitative estimate of drug-likeness (QED) is 0.478. The van der Waals surface area contributed by atoms with Crippen molar-refractivity contribution in [2.45, 2.75) is 46.2 Å². The third-order valence-electron chi connectivity index (χ3n) is 4.85. The third kappa shape index (κ3) is 6.83. The van der Waals surface area contributed by atoms with E-state index in [9.17, 15) is 14.0 Å². The molecule has 0 aliphatic carbocycles. The van der Waals surface area contributed by atoms with Crippen LogP contribution in [0.4, 0.5) is 4.39 Å². The van der Waals surface area contributed by atoms with Gasteiger partial charge in [0.2, 0.25) is 11.8 Å². The van der Waals surface area contributed by atoms with E-state index in [0.717, 1.165) is 0 Å². The molecule has 0 aliphatic rings. The molecule has 168 valence electrons. The Hall–Kier alpha value is -1.82. The predicted octanol–water partition coefficient (Wildman–Crippen LogP) is 5.91. The monoisotopic (exact) mass is 486 g/mol. The molecule has 2 amide bonds. The molecular weight excluding hydrogens is 462 g/mol. The minimum atomic E-state index is -0.774. The average Bonchev–Trinajstić information content (AvgIpc) is 2.71. The standard InChI is InChI=1S/C23H26Cl3FN2O2/c1-4-21(23(31)28-12-14(2)3)29(13-16-18(25)7-5-8-19(16)26)22(30)11-15-17(24)9-6-10-20(15)27/h5-10,14,21H,4,11-13H2,1-3H3,(H,28,31)/t21-/m1/s1. The minimum Gasteiger partial charge on any atom is -0.354 e. The molecular formula is C23H26Cl3FN2O2. The number of benzene rings is 2. The SMILES string of the molecule is CC[C@H](C(=O)NCC(C)C)N(Cc1c(Cl)cccc1Cl)C(=O)Cc1c(F)cccc1Cl. The summed E-state index contributed by atoms with van der Waals surface area (Å²) in [7, 11) is 0. The van der Waals surface area contributed by atoms with Crippen molar-refractivity contribution in [2.24, 2.45) is 5.92 Å². The van der Waals surface area contributed by atoms with Crippen LogP contribution in [0.15, 0.2) is 36.4 Å². The van der Waals surface area contributed by atoms with E-state index >= 15 is 0 Å². The first-order valence-corrected chi connectivity index (χ1v) is 11.2. The highest BCUT2D eigenvalue weighted by Gasteiger charge is 2.30. The van der Waals surface area contributed by atoms with Crippen molar-refractivity contribution in [1.29, 1.82) is 0 Å². The van der Waals surface area contributed by atoms with Crippen LogP contribution in [0.3, 0.4) is 0 Å². The third-order valence-corrected chi connectivity index (χ3v) is 5.91. The van der Waals surface area contributed by atoms with E-state index in [1.54, 1.807) is 18.2 Å². The number of hydrogen-bond donors (Lipinski definition) is 1. The van der Waals surface area contributed by atoms with E-state index in [1.165, 1.54) is 23.1 Å². The van der Waals surface area contributed by atoms with Crippen molar-refractivity contribution in [3.05, 3.63) is 68.4 Å². The van der Waals surface area contributed by atoms with Crippen LogP contribution >= 0.6 is 34.8 Å². The Morgan fingerprint density at radius 2 is 1.55 bits per heavy atom. The van der Waals surface area contributed by atoms with Gasteiger partial charge in [-0.25, -0.2) is 4.39 Å². The minimum absolute atomic E-state index is 0.0109. The second kappa shape index (κ2) is 11.7. The largest absolute Gasteiger partial charge is 0.354 e. The Labute approximate surface area is 197 Å². The zero-order valence-corrected chi connectivity index (χ0v) is 20.0. The van der Waals surface area contributed by atoms with Crippen molar-refractivity contribution in [1.82, 2.24) is 10.2 Å². The van der Waals surface area contributed by atoms with Crippen LogP contribution in [0, 0.1) is 11.7 Å². The molecule has 0 saturated carbocycles. The molecule has 4 nitrogen and oxygen atoms in total. The maximum atomic E-state index is 14.3.